The van der Waals surface area contributed by atoms with Crippen molar-refractivity contribution in [1.82, 2.24) is 24.5 Å². The van der Waals surface area contributed by atoms with E-state index in [0.29, 0.717) is 50.1 Å². The third kappa shape index (κ3) is 7.05. The fourth-order valence-corrected chi connectivity index (χ4v) is 8.84. The number of hydrogen-bond acceptors (Lipinski definition) is 6. The largest absolute Gasteiger partial charge is 0.368 e. The van der Waals surface area contributed by atoms with Crippen molar-refractivity contribution >= 4 is 29.3 Å². The molecule has 0 radical (unpaired) electrons. The summed E-state index contributed by atoms with van der Waals surface area (Å²) in [5.41, 5.74) is 1.06. The van der Waals surface area contributed by atoms with E-state index in [4.69, 9.17) is 16.3 Å². The first kappa shape index (κ1) is 33.2. The molecule has 0 bridgehead atoms. The van der Waals surface area contributed by atoms with Crippen LogP contribution in [-0.4, -0.2) is 138 Å². The van der Waals surface area contributed by atoms with Gasteiger partial charge in [0.1, 0.15) is 12.1 Å². The predicted octanol–water partition coefficient (Wildman–Crippen LogP) is 3.85. The summed E-state index contributed by atoms with van der Waals surface area (Å²) in [6.07, 6.45) is 3.20. The first-order chi connectivity index (χ1) is 22.6. The molecule has 7 rings (SSSR count). The van der Waals surface area contributed by atoms with Crippen LogP contribution < -0.4 is 0 Å². The van der Waals surface area contributed by atoms with E-state index in [-0.39, 0.29) is 67.8 Å². The maximum Gasteiger partial charge on any atom is 0.252 e. The predicted molar refractivity (Wildman–Crippen MR) is 173 cm³/mol. The van der Waals surface area contributed by atoms with Crippen LogP contribution in [0.1, 0.15) is 69.3 Å². The highest BCUT2D eigenvalue weighted by Gasteiger charge is 2.52. The quantitative estimate of drug-likeness (QED) is 0.438. The number of rotatable bonds is 7. The maximum absolute atomic E-state index is 14.9. The molecule has 5 atom stereocenters. The van der Waals surface area contributed by atoms with Gasteiger partial charge in [-0.15, -0.1) is 0 Å². The monoisotopic (exact) mass is 675 g/mol. The molecule has 2 aliphatic carbocycles. The average Bonchev–Trinajstić information content (AvgIpc) is 3.42. The molecule has 1 aromatic carbocycles. The molecule has 0 unspecified atom stereocenters. The number of ether oxygens (including phenoxy) is 1. The highest BCUT2D eigenvalue weighted by Crippen LogP contribution is 2.43. The zero-order valence-corrected chi connectivity index (χ0v) is 28.1. The third-order valence-corrected chi connectivity index (χ3v) is 11.9. The van der Waals surface area contributed by atoms with Crippen molar-refractivity contribution in [2.24, 2.45) is 5.92 Å². The van der Waals surface area contributed by atoms with Gasteiger partial charge >= 0.3 is 0 Å². The van der Waals surface area contributed by atoms with Gasteiger partial charge in [-0.05, 0) is 69.7 Å². The number of benzene rings is 1. The summed E-state index contributed by atoms with van der Waals surface area (Å²) < 4.78 is 34.4. The molecule has 0 spiro atoms. The maximum atomic E-state index is 14.9. The normalized spacial score (nSPS) is 32.2. The van der Waals surface area contributed by atoms with Gasteiger partial charge in [0.05, 0.1) is 12.0 Å². The van der Waals surface area contributed by atoms with Crippen LogP contribution >= 0.6 is 11.6 Å². The topological polar surface area (TPSA) is 76.6 Å². The number of carbonyl (C=O) groups is 3. The number of likely N-dealkylation sites (tertiary alicyclic amines) is 2. The zero-order chi connectivity index (χ0) is 32.9. The van der Waals surface area contributed by atoms with E-state index in [2.05, 4.69) is 9.80 Å². The van der Waals surface area contributed by atoms with Crippen LogP contribution in [0, 0.1) is 5.92 Å². The number of halogens is 3. The Bertz CT molecular complexity index is 1310. The van der Waals surface area contributed by atoms with Gasteiger partial charge in [-0.1, -0.05) is 23.7 Å². The van der Waals surface area contributed by atoms with Crippen molar-refractivity contribution in [2.75, 3.05) is 59.5 Å². The van der Waals surface area contributed by atoms with Gasteiger partial charge in [-0.2, -0.15) is 0 Å². The summed E-state index contributed by atoms with van der Waals surface area (Å²) in [5, 5.41) is 0.644. The fraction of sp³-hybridized carbons (Fsp3) is 0.743. The molecule has 6 fully saturated rings. The van der Waals surface area contributed by atoms with Crippen molar-refractivity contribution in [3.8, 4) is 0 Å². The lowest BCUT2D eigenvalue weighted by Crippen LogP contribution is -2.54. The van der Waals surface area contributed by atoms with Crippen molar-refractivity contribution in [1.29, 1.82) is 0 Å². The van der Waals surface area contributed by atoms with E-state index in [1.165, 1.54) is 0 Å². The number of hydrogen-bond donors (Lipinski definition) is 0. The van der Waals surface area contributed by atoms with E-state index < -0.39 is 24.1 Å². The molecule has 2 saturated carbocycles. The molecule has 1 aromatic rings. The Morgan fingerprint density at radius 3 is 2.23 bits per heavy atom. The smallest absolute Gasteiger partial charge is 0.252 e. The van der Waals surface area contributed by atoms with E-state index >= 15 is 0 Å². The van der Waals surface area contributed by atoms with Gasteiger partial charge in [0.25, 0.3) is 5.91 Å². The molecule has 6 aliphatic rings. The lowest BCUT2D eigenvalue weighted by atomic mass is 9.88. The number of piperazine rings is 1. The zero-order valence-electron chi connectivity index (χ0n) is 27.4. The van der Waals surface area contributed by atoms with Gasteiger partial charge in [0.15, 0.2) is 0 Å². The van der Waals surface area contributed by atoms with E-state index in [1.54, 1.807) is 9.80 Å². The van der Waals surface area contributed by atoms with E-state index in [9.17, 15) is 23.2 Å². The average molecular weight is 676 g/mol. The fourth-order valence-electron chi connectivity index (χ4n) is 8.71. The number of nitrogens with zero attached hydrogens (tertiary/aromatic N) is 5. The number of amides is 3. The minimum absolute atomic E-state index is 0.0380. The molecule has 4 aliphatic heterocycles. The molecule has 12 heteroatoms. The van der Waals surface area contributed by atoms with Gasteiger partial charge in [0, 0.05) is 88.3 Å². The summed E-state index contributed by atoms with van der Waals surface area (Å²) in [4.78, 5) is 53.3. The van der Waals surface area contributed by atoms with Crippen LogP contribution in [0.25, 0.3) is 0 Å². The van der Waals surface area contributed by atoms with Crippen LogP contribution in [0.2, 0.25) is 5.02 Å². The second kappa shape index (κ2) is 13.5. The Hall–Kier alpha value is -2.34. The van der Waals surface area contributed by atoms with Crippen LogP contribution in [0.4, 0.5) is 8.78 Å². The first-order valence-electron chi connectivity index (χ1n) is 17.7. The second-order valence-electron chi connectivity index (χ2n) is 14.8. The summed E-state index contributed by atoms with van der Waals surface area (Å²) >= 11 is 6.23. The van der Waals surface area contributed by atoms with Crippen molar-refractivity contribution < 1.29 is 27.9 Å². The highest BCUT2D eigenvalue weighted by molar-refractivity contribution is 6.30. The molecular formula is C35H48ClF2N5O4. The third-order valence-electron chi connectivity index (χ3n) is 11.6. The van der Waals surface area contributed by atoms with Crippen molar-refractivity contribution in [2.45, 2.75) is 99.9 Å². The molecule has 3 amide bonds. The molecule has 0 N–H and O–H groups in total. The standard InChI is InChI=1S/C35H48ClF2N5O4/c1-39-14-16-40(17-15-39)33(45)30-19-27(43(34(46)31-3-2-18-47-31)26-10-12-35(37,38)13-11-26)20-42(30)32(44)29-22-41(25-8-9-25)21-28(29)23-4-6-24(36)7-5-23/h4-7,25-31H,2-3,8-22H2,1H3/t27-,28-,29-,30-,31-/m0/s1. The van der Waals surface area contributed by atoms with Crippen LogP contribution in [0.3, 0.4) is 0 Å². The minimum Gasteiger partial charge on any atom is -0.368 e. The molecule has 4 heterocycles. The Balaban J connectivity index is 1.19. The van der Waals surface area contributed by atoms with Crippen molar-refractivity contribution in [3.63, 3.8) is 0 Å². The van der Waals surface area contributed by atoms with Gasteiger partial charge < -0.3 is 24.3 Å². The molecule has 258 valence electrons. The first-order valence-corrected chi connectivity index (χ1v) is 18.0. The van der Waals surface area contributed by atoms with Gasteiger partial charge in [-0.25, -0.2) is 8.78 Å². The summed E-state index contributed by atoms with van der Waals surface area (Å²) in [6.45, 7) is 4.81. The number of alkyl halides is 2. The summed E-state index contributed by atoms with van der Waals surface area (Å²) in [5.74, 6) is -3.42. The van der Waals surface area contributed by atoms with E-state index in [1.807, 2.05) is 36.2 Å². The Labute approximate surface area is 281 Å². The molecule has 9 nitrogen and oxygen atoms in total. The minimum atomic E-state index is -2.74. The number of likely N-dealkylation sites (N-methyl/N-ethyl adjacent to an activating group) is 1. The molecule has 0 aromatic heterocycles. The Morgan fingerprint density at radius 2 is 1.60 bits per heavy atom. The van der Waals surface area contributed by atoms with Crippen LogP contribution in [0.15, 0.2) is 24.3 Å². The second-order valence-corrected chi connectivity index (χ2v) is 15.2. The molecule has 4 saturated heterocycles. The van der Waals surface area contributed by atoms with Crippen LogP contribution in [0.5, 0.6) is 0 Å². The Kier molecular flexibility index (Phi) is 9.54. The van der Waals surface area contributed by atoms with E-state index in [0.717, 1.165) is 44.5 Å². The lowest BCUT2D eigenvalue weighted by molar-refractivity contribution is -0.150. The van der Waals surface area contributed by atoms with Gasteiger partial charge in [0.2, 0.25) is 17.7 Å². The molecular weight excluding hydrogens is 628 g/mol. The highest BCUT2D eigenvalue weighted by atomic mass is 35.5. The SMILES string of the molecule is CN1CCN(C(=O)[C@@H]2C[C@H](N(C(=O)[C@@H]3CCCO3)C3CCC(F)(F)CC3)CN2C(=O)[C@H]2CN(C3CC3)C[C@H]2c2ccc(Cl)cc2)CC1. The summed E-state index contributed by atoms with van der Waals surface area (Å²) in [6, 6.07) is 6.71. The van der Waals surface area contributed by atoms with Crippen molar-refractivity contribution in [3.05, 3.63) is 34.9 Å². The summed E-state index contributed by atoms with van der Waals surface area (Å²) in [7, 11) is 2.04. The molecule has 47 heavy (non-hydrogen) atoms. The Morgan fingerprint density at radius 1 is 0.894 bits per heavy atom. The lowest BCUT2D eigenvalue weighted by Gasteiger charge is -2.41. The number of carbonyl (C=O) groups excluding carboxylic acids is 3. The van der Waals surface area contributed by atoms with Gasteiger partial charge in [-0.3, -0.25) is 19.3 Å². The van der Waals surface area contributed by atoms with Crippen LogP contribution in [-0.2, 0) is 19.1 Å².